The van der Waals surface area contributed by atoms with E-state index in [9.17, 15) is 8.42 Å². The van der Waals surface area contributed by atoms with Crippen molar-refractivity contribution in [2.24, 2.45) is 0 Å². The fraction of sp³-hybridized carbons (Fsp3) is 1.00. The molecule has 14 heavy (non-hydrogen) atoms. The smallest absolute Gasteiger partial charge is 0.211 e. The van der Waals surface area contributed by atoms with Crippen LogP contribution in [0.2, 0.25) is 0 Å². The van der Waals surface area contributed by atoms with E-state index in [-0.39, 0.29) is 4.66 Å². The van der Waals surface area contributed by atoms with Crippen LogP contribution in [0.3, 0.4) is 0 Å². The van der Waals surface area contributed by atoms with Crippen LogP contribution in [-0.4, -0.2) is 40.1 Å². The van der Waals surface area contributed by atoms with Crippen LogP contribution >= 0.6 is 47.8 Å². The molecule has 1 fully saturated rings. The summed E-state index contributed by atoms with van der Waals surface area (Å²) in [5.41, 5.74) is 0. The zero-order chi connectivity index (χ0) is 10.8. The van der Waals surface area contributed by atoms with Crippen LogP contribution in [0.25, 0.3) is 0 Å². The molecule has 0 bridgehead atoms. The van der Waals surface area contributed by atoms with E-state index in [0.29, 0.717) is 22.7 Å². The van der Waals surface area contributed by atoms with E-state index in [2.05, 4.69) is 47.8 Å². The Morgan fingerprint density at radius 2 is 1.57 bits per heavy atom. The Labute approximate surface area is 110 Å². The molecule has 0 aromatic rings. The summed E-state index contributed by atoms with van der Waals surface area (Å²) >= 11 is 10.1. The third-order valence-electron chi connectivity index (χ3n) is 2.23. The number of halogens is 3. The van der Waals surface area contributed by atoms with Gasteiger partial charge in [0.15, 0.2) is 0 Å². The molecular weight excluding hydrogens is 402 g/mol. The number of nitrogens with zero attached hydrogens (tertiary/aromatic N) is 1. The second kappa shape index (κ2) is 5.61. The SMILES string of the molecule is O=S(=O)(CBr)N1CCC(Br)C(Br)CC1. The van der Waals surface area contributed by atoms with Gasteiger partial charge in [0.1, 0.15) is 4.66 Å². The first-order valence-corrected chi connectivity index (χ1v) is 8.85. The molecule has 1 rings (SSSR count). The summed E-state index contributed by atoms with van der Waals surface area (Å²) in [7, 11) is -3.08. The van der Waals surface area contributed by atoms with Crippen LogP contribution < -0.4 is 0 Å². The van der Waals surface area contributed by atoms with Gasteiger partial charge in [0.05, 0.1) is 0 Å². The van der Waals surface area contributed by atoms with Gasteiger partial charge in [-0.05, 0) is 12.8 Å². The molecule has 0 aliphatic carbocycles. The van der Waals surface area contributed by atoms with Crippen molar-refractivity contribution >= 4 is 57.8 Å². The average Bonchev–Trinajstić information content (AvgIpc) is 2.31. The van der Waals surface area contributed by atoms with Crippen molar-refractivity contribution in [3.05, 3.63) is 0 Å². The van der Waals surface area contributed by atoms with Crippen LogP contribution in [0.1, 0.15) is 12.8 Å². The van der Waals surface area contributed by atoms with E-state index >= 15 is 0 Å². The summed E-state index contributed by atoms with van der Waals surface area (Å²) in [5.74, 6) is 0. The lowest BCUT2D eigenvalue weighted by molar-refractivity contribution is 0.428. The number of rotatable bonds is 2. The first kappa shape index (κ1) is 13.4. The minimum Gasteiger partial charge on any atom is -0.211 e. The van der Waals surface area contributed by atoms with Crippen molar-refractivity contribution in [2.75, 3.05) is 17.8 Å². The van der Waals surface area contributed by atoms with Crippen LogP contribution in [-0.2, 0) is 10.0 Å². The second-order valence-electron chi connectivity index (χ2n) is 3.23. The van der Waals surface area contributed by atoms with Crippen molar-refractivity contribution in [3.63, 3.8) is 0 Å². The van der Waals surface area contributed by atoms with Crippen molar-refractivity contribution in [3.8, 4) is 0 Å². The lowest BCUT2D eigenvalue weighted by Crippen LogP contribution is -2.32. The Hall–Kier alpha value is 1.35. The average molecular weight is 414 g/mol. The van der Waals surface area contributed by atoms with Crippen LogP contribution in [0.5, 0.6) is 0 Å². The Kier molecular flexibility index (Phi) is 5.38. The molecule has 1 heterocycles. The Morgan fingerprint density at radius 1 is 1.14 bits per heavy atom. The van der Waals surface area contributed by atoms with Crippen molar-refractivity contribution in [1.29, 1.82) is 0 Å². The maximum atomic E-state index is 11.6. The monoisotopic (exact) mass is 411 g/mol. The summed E-state index contributed by atoms with van der Waals surface area (Å²) in [6.07, 6.45) is 1.70. The predicted octanol–water partition coefficient (Wildman–Crippen LogP) is 2.29. The lowest BCUT2D eigenvalue weighted by atomic mass is 10.2. The van der Waals surface area contributed by atoms with E-state index in [1.807, 2.05) is 0 Å². The molecule has 0 amide bonds. The van der Waals surface area contributed by atoms with Gasteiger partial charge in [0, 0.05) is 22.7 Å². The zero-order valence-electron chi connectivity index (χ0n) is 7.50. The Balaban J connectivity index is 2.67. The summed E-state index contributed by atoms with van der Waals surface area (Å²) in [6.45, 7) is 1.21. The molecule has 7 heteroatoms. The van der Waals surface area contributed by atoms with Crippen LogP contribution in [0.15, 0.2) is 0 Å². The van der Waals surface area contributed by atoms with Gasteiger partial charge in [-0.2, -0.15) is 0 Å². The second-order valence-corrected chi connectivity index (χ2v) is 8.85. The summed E-state index contributed by atoms with van der Waals surface area (Å²) in [4.78, 5) is 0.719. The highest BCUT2D eigenvalue weighted by Crippen LogP contribution is 2.26. The molecule has 0 radical (unpaired) electrons. The summed E-state index contributed by atoms with van der Waals surface area (Å²) in [5, 5.41) is 0. The molecule has 0 spiro atoms. The van der Waals surface area contributed by atoms with Gasteiger partial charge in [-0.3, -0.25) is 0 Å². The van der Waals surface area contributed by atoms with Crippen molar-refractivity contribution < 1.29 is 8.42 Å². The fourth-order valence-electron chi connectivity index (χ4n) is 1.36. The first-order valence-electron chi connectivity index (χ1n) is 4.29. The van der Waals surface area contributed by atoms with Gasteiger partial charge in [0.25, 0.3) is 0 Å². The maximum absolute atomic E-state index is 11.6. The summed E-state index contributed by atoms with van der Waals surface area (Å²) < 4.78 is 24.7. The molecule has 1 aliphatic rings. The van der Waals surface area contributed by atoms with Crippen LogP contribution in [0, 0.1) is 0 Å². The Bertz CT molecular complexity index is 271. The van der Waals surface area contributed by atoms with Crippen molar-refractivity contribution in [1.82, 2.24) is 4.31 Å². The minimum atomic E-state index is -3.08. The van der Waals surface area contributed by atoms with Gasteiger partial charge >= 0.3 is 0 Å². The largest absolute Gasteiger partial charge is 0.224 e. The van der Waals surface area contributed by atoms with E-state index < -0.39 is 10.0 Å². The van der Waals surface area contributed by atoms with E-state index in [0.717, 1.165) is 12.8 Å². The molecule has 2 unspecified atom stereocenters. The first-order chi connectivity index (χ1) is 6.47. The molecular formula is C7H12Br3NO2S. The highest BCUT2D eigenvalue weighted by atomic mass is 79.9. The number of sulfonamides is 1. The zero-order valence-corrected chi connectivity index (χ0v) is 13.1. The molecule has 0 aromatic carbocycles. The number of alkyl halides is 3. The third-order valence-corrected chi connectivity index (χ3v) is 8.30. The molecule has 3 nitrogen and oxygen atoms in total. The third kappa shape index (κ3) is 3.43. The normalized spacial score (nSPS) is 31.4. The molecule has 1 aliphatic heterocycles. The molecule has 0 N–H and O–H groups in total. The lowest BCUT2D eigenvalue weighted by Gasteiger charge is -2.17. The predicted molar refractivity (Wildman–Crippen MR) is 69.0 cm³/mol. The molecule has 84 valence electrons. The number of hydrogen-bond acceptors (Lipinski definition) is 2. The fourth-order valence-corrected chi connectivity index (χ4v) is 4.07. The van der Waals surface area contributed by atoms with Gasteiger partial charge in [0.2, 0.25) is 10.0 Å². The molecule has 2 atom stereocenters. The van der Waals surface area contributed by atoms with E-state index in [1.165, 1.54) is 0 Å². The standard InChI is InChI=1S/C7H12Br3NO2S/c8-5-14(12,13)11-3-1-6(9)7(10)2-4-11/h6-7H,1-5H2. The number of hydrogen-bond donors (Lipinski definition) is 0. The Morgan fingerprint density at radius 3 is 1.93 bits per heavy atom. The van der Waals surface area contributed by atoms with Crippen LogP contribution in [0.4, 0.5) is 0 Å². The van der Waals surface area contributed by atoms with Gasteiger partial charge in [-0.25, -0.2) is 12.7 Å². The van der Waals surface area contributed by atoms with Gasteiger partial charge < -0.3 is 0 Å². The topological polar surface area (TPSA) is 37.4 Å². The van der Waals surface area contributed by atoms with Crippen molar-refractivity contribution in [2.45, 2.75) is 22.5 Å². The summed E-state index contributed by atoms with van der Waals surface area (Å²) in [6, 6.07) is 0. The maximum Gasteiger partial charge on any atom is 0.224 e. The molecule has 0 saturated carbocycles. The quantitative estimate of drug-likeness (QED) is 0.651. The minimum absolute atomic E-state index is 0.0138. The molecule has 1 saturated heterocycles. The van der Waals surface area contributed by atoms with Gasteiger partial charge in [-0.15, -0.1) is 0 Å². The highest BCUT2D eigenvalue weighted by molar-refractivity contribution is 9.12. The highest BCUT2D eigenvalue weighted by Gasteiger charge is 2.28. The molecule has 0 aromatic heterocycles. The van der Waals surface area contributed by atoms with Gasteiger partial charge in [-0.1, -0.05) is 47.8 Å². The van der Waals surface area contributed by atoms with E-state index in [4.69, 9.17) is 0 Å². The van der Waals surface area contributed by atoms with E-state index in [1.54, 1.807) is 4.31 Å².